The van der Waals surface area contributed by atoms with E-state index in [-0.39, 0.29) is 0 Å². The minimum atomic E-state index is 0.654. The molecule has 0 unspecified atom stereocenters. The minimum absolute atomic E-state index is 0.654. The van der Waals surface area contributed by atoms with Crippen molar-refractivity contribution in [1.82, 2.24) is 5.32 Å². The lowest BCUT2D eigenvalue weighted by molar-refractivity contribution is 0.307. The molecule has 0 saturated carbocycles. The van der Waals surface area contributed by atoms with Gasteiger partial charge in [-0.25, -0.2) is 0 Å². The smallest absolute Gasteiger partial charge is 0.119 e. The molecule has 0 aliphatic carbocycles. The molecule has 0 radical (unpaired) electrons. The van der Waals surface area contributed by atoms with Crippen LogP contribution in [-0.2, 0) is 6.54 Å². The lowest BCUT2D eigenvalue weighted by Crippen LogP contribution is -2.20. The summed E-state index contributed by atoms with van der Waals surface area (Å²) in [5.74, 6) is 1.77. The van der Waals surface area contributed by atoms with Crippen LogP contribution in [0.2, 0.25) is 0 Å². The Bertz CT molecular complexity index is 527. The van der Waals surface area contributed by atoms with Crippen molar-refractivity contribution >= 4 is 27.3 Å². The van der Waals surface area contributed by atoms with E-state index in [0.717, 1.165) is 42.1 Å². The van der Waals surface area contributed by atoms with Crippen LogP contribution in [0.3, 0.4) is 0 Å². The first-order chi connectivity index (χ1) is 10.3. The minimum Gasteiger partial charge on any atom is -0.494 e. The van der Waals surface area contributed by atoms with Gasteiger partial charge in [0, 0.05) is 27.8 Å². The van der Waals surface area contributed by atoms with Gasteiger partial charge in [0.05, 0.1) is 6.61 Å². The largest absolute Gasteiger partial charge is 0.494 e. The second-order valence-corrected chi connectivity index (χ2v) is 6.49. The summed E-state index contributed by atoms with van der Waals surface area (Å²) in [6.07, 6.45) is 1.02. The van der Waals surface area contributed by atoms with Crippen molar-refractivity contribution in [3.05, 3.63) is 45.1 Å². The fourth-order valence-corrected chi connectivity index (χ4v) is 3.17. The number of hydrogen-bond donors (Lipinski definition) is 1. The van der Waals surface area contributed by atoms with Gasteiger partial charge in [-0.2, -0.15) is 0 Å². The van der Waals surface area contributed by atoms with Gasteiger partial charge in [0.25, 0.3) is 0 Å². The fourth-order valence-electron chi connectivity index (χ4n) is 1.75. The molecule has 2 rings (SSSR count). The SMILES string of the molecule is CCCOc1ccc(OCCNCc2cc(Br)cs2)cc1. The van der Waals surface area contributed by atoms with Gasteiger partial charge in [0.15, 0.2) is 0 Å². The summed E-state index contributed by atoms with van der Waals surface area (Å²) in [7, 11) is 0. The van der Waals surface area contributed by atoms with E-state index in [0.29, 0.717) is 6.61 Å². The number of thiophene rings is 1. The Morgan fingerprint density at radius 1 is 1.10 bits per heavy atom. The van der Waals surface area contributed by atoms with E-state index in [9.17, 15) is 0 Å². The molecule has 2 aromatic rings. The maximum absolute atomic E-state index is 5.68. The summed E-state index contributed by atoms with van der Waals surface area (Å²) >= 11 is 5.20. The standard InChI is InChI=1S/C16H20BrNO2S/c1-2-8-19-14-3-5-15(6-4-14)20-9-7-18-11-16-10-13(17)12-21-16/h3-6,10,12,18H,2,7-9,11H2,1H3. The Labute approximate surface area is 138 Å². The summed E-state index contributed by atoms with van der Waals surface area (Å²) in [6, 6.07) is 9.92. The second kappa shape index (κ2) is 9.07. The number of ether oxygens (including phenoxy) is 2. The zero-order chi connectivity index (χ0) is 14.9. The van der Waals surface area contributed by atoms with E-state index in [1.807, 2.05) is 24.3 Å². The van der Waals surface area contributed by atoms with E-state index < -0.39 is 0 Å². The molecule has 1 N–H and O–H groups in total. The van der Waals surface area contributed by atoms with Crippen LogP contribution in [0.25, 0.3) is 0 Å². The van der Waals surface area contributed by atoms with Crippen molar-refractivity contribution in [2.24, 2.45) is 0 Å². The summed E-state index contributed by atoms with van der Waals surface area (Å²) < 4.78 is 12.4. The molecular formula is C16H20BrNO2S. The summed E-state index contributed by atoms with van der Waals surface area (Å²) in [5, 5.41) is 5.46. The molecule has 1 aromatic carbocycles. The Kier molecular flexibility index (Phi) is 7.06. The van der Waals surface area contributed by atoms with Gasteiger partial charge in [-0.1, -0.05) is 6.92 Å². The van der Waals surface area contributed by atoms with E-state index in [2.05, 4.69) is 39.6 Å². The zero-order valence-corrected chi connectivity index (χ0v) is 14.5. The molecule has 0 spiro atoms. The van der Waals surface area contributed by atoms with Crippen LogP contribution in [0.4, 0.5) is 0 Å². The Morgan fingerprint density at radius 2 is 1.76 bits per heavy atom. The number of rotatable bonds is 9. The summed E-state index contributed by atoms with van der Waals surface area (Å²) in [5.41, 5.74) is 0. The first-order valence-corrected chi connectivity index (χ1v) is 8.74. The van der Waals surface area contributed by atoms with Crippen LogP contribution in [0.15, 0.2) is 40.2 Å². The van der Waals surface area contributed by atoms with Gasteiger partial charge in [-0.15, -0.1) is 11.3 Å². The van der Waals surface area contributed by atoms with E-state index in [4.69, 9.17) is 9.47 Å². The predicted octanol–water partition coefficient (Wildman–Crippen LogP) is 4.47. The number of halogens is 1. The highest BCUT2D eigenvalue weighted by atomic mass is 79.9. The Balaban J connectivity index is 1.62. The van der Waals surface area contributed by atoms with Crippen LogP contribution in [-0.4, -0.2) is 19.8 Å². The van der Waals surface area contributed by atoms with E-state index in [1.165, 1.54) is 4.88 Å². The predicted molar refractivity (Wildman–Crippen MR) is 91.4 cm³/mol. The summed E-state index contributed by atoms with van der Waals surface area (Å²) in [4.78, 5) is 1.32. The van der Waals surface area contributed by atoms with Crippen molar-refractivity contribution in [3.63, 3.8) is 0 Å². The highest BCUT2D eigenvalue weighted by molar-refractivity contribution is 9.10. The first kappa shape index (κ1) is 16.3. The van der Waals surface area contributed by atoms with Crippen LogP contribution in [0.5, 0.6) is 11.5 Å². The third-order valence-corrected chi connectivity index (χ3v) is 4.46. The van der Waals surface area contributed by atoms with Crippen LogP contribution >= 0.6 is 27.3 Å². The molecule has 0 bridgehead atoms. The van der Waals surface area contributed by atoms with Crippen molar-refractivity contribution in [2.45, 2.75) is 19.9 Å². The molecule has 1 heterocycles. The highest BCUT2D eigenvalue weighted by Crippen LogP contribution is 2.19. The number of benzene rings is 1. The molecule has 5 heteroatoms. The average molecular weight is 370 g/mol. The molecule has 21 heavy (non-hydrogen) atoms. The number of hydrogen-bond acceptors (Lipinski definition) is 4. The molecule has 0 fully saturated rings. The molecular weight excluding hydrogens is 350 g/mol. The fraction of sp³-hybridized carbons (Fsp3) is 0.375. The van der Waals surface area contributed by atoms with Crippen LogP contribution in [0, 0.1) is 0 Å². The molecule has 3 nitrogen and oxygen atoms in total. The van der Waals surface area contributed by atoms with E-state index >= 15 is 0 Å². The Hall–Kier alpha value is -1.04. The monoisotopic (exact) mass is 369 g/mol. The maximum atomic E-state index is 5.68. The van der Waals surface area contributed by atoms with Crippen molar-refractivity contribution < 1.29 is 9.47 Å². The van der Waals surface area contributed by atoms with Crippen molar-refractivity contribution in [2.75, 3.05) is 19.8 Å². The maximum Gasteiger partial charge on any atom is 0.119 e. The van der Waals surface area contributed by atoms with E-state index in [1.54, 1.807) is 11.3 Å². The first-order valence-electron chi connectivity index (χ1n) is 7.07. The van der Waals surface area contributed by atoms with Gasteiger partial charge < -0.3 is 14.8 Å². The number of nitrogens with one attached hydrogen (secondary N) is 1. The molecule has 0 saturated heterocycles. The molecule has 0 aliphatic rings. The van der Waals surface area contributed by atoms with Crippen LogP contribution < -0.4 is 14.8 Å². The average Bonchev–Trinajstić information content (AvgIpc) is 2.91. The molecule has 0 aliphatic heterocycles. The molecule has 1 aromatic heterocycles. The molecule has 114 valence electrons. The molecule has 0 amide bonds. The van der Waals surface area contributed by atoms with Gasteiger partial charge in [-0.05, 0) is 52.7 Å². The van der Waals surface area contributed by atoms with Gasteiger partial charge in [0.2, 0.25) is 0 Å². The van der Waals surface area contributed by atoms with Gasteiger partial charge in [-0.3, -0.25) is 0 Å². The lowest BCUT2D eigenvalue weighted by Gasteiger charge is -2.08. The van der Waals surface area contributed by atoms with Crippen molar-refractivity contribution in [1.29, 1.82) is 0 Å². The van der Waals surface area contributed by atoms with Crippen molar-refractivity contribution in [3.8, 4) is 11.5 Å². The zero-order valence-electron chi connectivity index (χ0n) is 12.1. The second-order valence-electron chi connectivity index (χ2n) is 4.58. The molecule has 0 atom stereocenters. The topological polar surface area (TPSA) is 30.5 Å². The Morgan fingerprint density at radius 3 is 2.33 bits per heavy atom. The van der Waals surface area contributed by atoms with Crippen LogP contribution in [0.1, 0.15) is 18.2 Å². The third-order valence-electron chi connectivity index (χ3n) is 2.77. The normalized spacial score (nSPS) is 10.6. The third kappa shape index (κ3) is 6.08. The van der Waals surface area contributed by atoms with Gasteiger partial charge in [0.1, 0.15) is 18.1 Å². The lowest BCUT2D eigenvalue weighted by atomic mass is 10.3. The quantitative estimate of drug-likeness (QED) is 0.661. The van der Waals surface area contributed by atoms with Gasteiger partial charge >= 0.3 is 0 Å². The summed E-state index contributed by atoms with van der Waals surface area (Å²) in [6.45, 7) is 5.21. The highest BCUT2D eigenvalue weighted by Gasteiger charge is 1.98.